The molecule has 2 heterocycles. The molecule has 6 nitrogen and oxygen atoms in total. The zero-order chi connectivity index (χ0) is 16.2. The molecule has 1 aliphatic heterocycles. The number of nitrogens with one attached hydrogen (secondary N) is 2. The van der Waals surface area contributed by atoms with E-state index < -0.39 is 0 Å². The Hall–Kier alpha value is -2.76. The van der Waals surface area contributed by atoms with Crippen LogP contribution in [0.5, 0.6) is 0 Å². The molecule has 1 amide bonds. The number of benzene rings is 1. The minimum atomic E-state index is -0.390. The van der Waals surface area contributed by atoms with E-state index in [1.165, 1.54) is 7.11 Å². The van der Waals surface area contributed by atoms with Crippen LogP contribution in [0, 0.1) is 0 Å². The molecule has 0 unspecified atom stereocenters. The quantitative estimate of drug-likeness (QED) is 0.832. The highest BCUT2D eigenvalue weighted by molar-refractivity contribution is 5.98. The molecule has 0 atom stereocenters. The van der Waals surface area contributed by atoms with Gasteiger partial charge in [-0.1, -0.05) is 12.1 Å². The largest absolute Gasteiger partial charge is 0.464 e. The van der Waals surface area contributed by atoms with Gasteiger partial charge < -0.3 is 19.9 Å². The van der Waals surface area contributed by atoms with E-state index in [1.807, 2.05) is 29.2 Å². The molecule has 1 aromatic heterocycles. The molecule has 23 heavy (non-hydrogen) atoms. The van der Waals surface area contributed by atoms with Crippen molar-refractivity contribution in [2.24, 2.45) is 0 Å². The van der Waals surface area contributed by atoms with Crippen LogP contribution in [0.15, 0.2) is 36.5 Å². The molecule has 6 heteroatoms. The van der Waals surface area contributed by atoms with E-state index >= 15 is 0 Å². The predicted molar refractivity (Wildman–Crippen MR) is 87.5 cm³/mol. The lowest BCUT2D eigenvalue weighted by Gasteiger charge is -2.20. The van der Waals surface area contributed by atoms with Crippen molar-refractivity contribution in [3.63, 3.8) is 0 Å². The van der Waals surface area contributed by atoms with Gasteiger partial charge in [-0.2, -0.15) is 0 Å². The zero-order valence-corrected chi connectivity index (χ0v) is 13.0. The van der Waals surface area contributed by atoms with Crippen molar-refractivity contribution in [2.45, 2.75) is 19.4 Å². The van der Waals surface area contributed by atoms with E-state index in [4.69, 9.17) is 0 Å². The van der Waals surface area contributed by atoms with E-state index in [9.17, 15) is 9.59 Å². The van der Waals surface area contributed by atoms with Crippen molar-refractivity contribution in [1.82, 2.24) is 4.98 Å². The van der Waals surface area contributed by atoms with Gasteiger partial charge in [0.15, 0.2) is 0 Å². The minimum Gasteiger partial charge on any atom is -0.464 e. The van der Waals surface area contributed by atoms with E-state index in [0.717, 1.165) is 29.9 Å². The number of para-hydroxylation sites is 2. The van der Waals surface area contributed by atoms with E-state index in [2.05, 4.69) is 15.0 Å². The number of aromatic amines is 1. The van der Waals surface area contributed by atoms with Gasteiger partial charge in [0.2, 0.25) is 5.91 Å². The molecular formula is C17H19N3O3. The van der Waals surface area contributed by atoms with Crippen LogP contribution in [0.4, 0.5) is 11.4 Å². The first-order valence-corrected chi connectivity index (χ1v) is 7.58. The number of nitrogens with zero attached hydrogens (tertiary/aromatic N) is 1. The molecule has 2 N–H and O–H groups in total. The van der Waals surface area contributed by atoms with E-state index in [0.29, 0.717) is 18.7 Å². The van der Waals surface area contributed by atoms with Crippen LogP contribution in [-0.2, 0) is 16.1 Å². The number of ether oxygens (including phenoxy) is 1. The predicted octanol–water partition coefficient (Wildman–Crippen LogP) is 2.54. The summed E-state index contributed by atoms with van der Waals surface area (Å²) in [6.07, 6.45) is 3.27. The third-order valence-corrected chi connectivity index (χ3v) is 3.90. The molecule has 0 bridgehead atoms. The third kappa shape index (κ3) is 3.21. The Labute approximate surface area is 134 Å². The first-order valence-electron chi connectivity index (χ1n) is 7.58. The average Bonchev–Trinajstić information content (AvgIpc) is 3.21. The highest BCUT2D eigenvalue weighted by Gasteiger charge is 2.23. The van der Waals surface area contributed by atoms with Gasteiger partial charge in [0.05, 0.1) is 18.5 Å². The maximum absolute atomic E-state index is 12.0. The lowest BCUT2D eigenvalue weighted by Crippen LogP contribution is -2.24. The van der Waals surface area contributed by atoms with Crippen molar-refractivity contribution >= 4 is 23.3 Å². The Morgan fingerprint density at radius 3 is 2.96 bits per heavy atom. The van der Waals surface area contributed by atoms with Gasteiger partial charge in [-0.25, -0.2) is 4.79 Å². The first kappa shape index (κ1) is 15.1. The highest BCUT2D eigenvalue weighted by atomic mass is 16.5. The molecule has 3 rings (SSSR count). The second-order valence-electron chi connectivity index (χ2n) is 5.43. The number of hydrogen-bond donors (Lipinski definition) is 2. The molecule has 1 aromatic carbocycles. The lowest BCUT2D eigenvalue weighted by atomic mass is 10.2. The van der Waals surface area contributed by atoms with Gasteiger partial charge in [-0.15, -0.1) is 0 Å². The van der Waals surface area contributed by atoms with Crippen molar-refractivity contribution < 1.29 is 14.3 Å². The Kier molecular flexibility index (Phi) is 4.32. The molecule has 0 radical (unpaired) electrons. The Morgan fingerprint density at radius 1 is 1.39 bits per heavy atom. The van der Waals surface area contributed by atoms with Crippen LogP contribution in [0.25, 0.3) is 0 Å². The first-order chi connectivity index (χ1) is 11.2. The number of anilines is 2. The van der Waals surface area contributed by atoms with E-state index in [1.54, 1.807) is 12.3 Å². The SMILES string of the molecule is COC(=O)c1cc(CNc2ccccc2N2CCCC2=O)c[nH]1. The molecule has 120 valence electrons. The molecule has 1 aliphatic rings. The van der Waals surface area contributed by atoms with Crippen LogP contribution in [-0.4, -0.2) is 30.5 Å². The van der Waals surface area contributed by atoms with Crippen LogP contribution in [0.1, 0.15) is 28.9 Å². The second kappa shape index (κ2) is 6.56. The van der Waals surface area contributed by atoms with Crippen LogP contribution >= 0.6 is 0 Å². The second-order valence-corrected chi connectivity index (χ2v) is 5.43. The molecule has 1 fully saturated rings. The number of aromatic nitrogens is 1. The van der Waals surface area contributed by atoms with Crippen molar-refractivity contribution in [1.29, 1.82) is 0 Å². The van der Waals surface area contributed by atoms with Crippen LogP contribution in [0.3, 0.4) is 0 Å². The molecule has 1 saturated heterocycles. The highest BCUT2D eigenvalue weighted by Crippen LogP contribution is 2.29. The number of esters is 1. The molecule has 2 aromatic rings. The normalized spacial score (nSPS) is 14.1. The summed E-state index contributed by atoms with van der Waals surface area (Å²) in [5.41, 5.74) is 3.17. The summed E-state index contributed by atoms with van der Waals surface area (Å²) in [6, 6.07) is 9.51. The number of carbonyl (C=O) groups excluding carboxylic acids is 2. The van der Waals surface area contributed by atoms with Gasteiger partial charge in [-0.05, 0) is 30.2 Å². The average molecular weight is 313 g/mol. The summed E-state index contributed by atoms with van der Waals surface area (Å²) in [4.78, 5) is 28.1. The maximum atomic E-state index is 12.0. The summed E-state index contributed by atoms with van der Waals surface area (Å²) in [5.74, 6) is -0.229. The zero-order valence-electron chi connectivity index (χ0n) is 13.0. The van der Waals surface area contributed by atoms with Gasteiger partial charge in [0, 0.05) is 25.7 Å². The fourth-order valence-corrected chi connectivity index (χ4v) is 2.73. The summed E-state index contributed by atoms with van der Waals surface area (Å²) in [6.45, 7) is 1.31. The van der Waals surface area contributed by atoms with Crippen molar-refractivity contribution in [3.05, 3.63) is 47.8 Å². The fraction of sp³-hybridized carbons (Fsp3) is 0.294. The molecule has 0 spiro atoms. The topological polar surface area (TPSA) is 74.4 Å². The maximum Gasteiger partial charge on any atom is 0.354 e. The molecule has 0 saturated carbocycles. The number of amides is 1. The van der Waals surface area contributed by atoms with Crippen LogP contribution < -0.4 is 10.2 Å². The molecule has 0 aliphatic carbocycles. The van der Waals surface area contributed by atoms with Crippen molar-refractivity contribution in [2.75, 3.05) is 23.9 Å². The number of H-pyrrole nitrogens is 1. The molecular weight excluding hydrogens is 294 g/mol. The smallest absolute Gasteiger partial charge is 0.354 e. The summed E-state index contributed by atoms with van der Waals surface area (Å²) in [5, 5.41) is 3.33. The van der Waals surface area contributed by atoms with Gasteiger partial charge in [0.1, 0.15) is 5.69 Å². The third-order valence-electron chi connectivity index (χ3n) is 3.90. The number of hydrogen-bond acceptors (Lipinski definition) is 4. The Morgan fingerprint density at radius 2 is 2.22 bits per heavy atom. The van der Waals surface area contributed by atoms with Gasteiger partial charge >= 0.3 is 5.97 Å². The number of rotatable bonds is 5. The van der Waals surface area contributed by atoms with Crippen LogP contribution in [0.2, 0.25) is 0 Å². The monoisotopic (exact) mass is 313 g/mol. The standard InChI is InChI=1S/C17H19N3O3/c1-23-17(22)14-9-12(11-19-14)10-18-13-5-2-3-6-15(13)20-8-4-7-16(20)21/h2-3,5-6,9,11,18-19H,4,7-8,10H2,1H3. The lowest BCUT2D eigenvalue weighted by molar-refractivity contribution is -0.117. The fourth-order valence-electron chi connectivity index (χ4n) is 2.73. The number of methoxy groups -OCH3 is 1. The number of carbonyl (C=O) groups is 2. The van der Waals surface area contributed by atoms with Gasteiger partial charge in [-0.3, -0.25) is 4.79 Å². The van der Waals surface area contributed by atoms with Gasteiger partial charge in [0.25, 0.3) is 0 Å². The summed E-state index contributed by atoms with van der Waals surface area (Å²) >= 11 is 0. The van der Waals surface area contributed by atoms with Crippen molar-refractivity contribution in [3.8, 4) is 0 Å². The van der Waals surface area contributed by atoms with E-state index in [-0.39, 0.29) is 11.9 Å². The summed E-state index contributed by atoms with van der Waals surface area (Å²) in [7, 11) is 1.35. The summed E-state index contributed by atoms with van der Waals surface area (Å²) < 4.78 is 4.68. The minimum absolute atomic E-state index is 0.161. The Bertz CT molecular complexity index is 723. The Balaban J connectivity index is 1.72.